The van der Waals surface area contributed by atoms with Crippen LogP contribution in [0.4, 0.5) is 0 Å². The van der Waals surface area contributed by atoms with Crippen LogP contribution < -0.4 is 5.73 Å². The molecule has 1 unspecified atom stereocenters. The number of carbonyl (C=O) groups excluding carboxylic acids is 1. The third kappa shape index (κ3) is 1.29. The molecule has 0 aliphatic carbocycles. The molecule has 3 N–H and O–H groups in total. The lowest BCUT2D eigenvalue weighted by Gasteiger charge is -2.04. The Morgan fingerprint density at radius 2 is 2.36 bits per heavy atom. The Labute approximate surface area is 81.1 Å². The molecule has 0 saturated heterocycles. The summed E-state index contributed by atoms with van der Waals surface area (Å²) in [6, 6.07) is 5.00. The Balaban J connectivity index is 2.62. The van der Waals surface area contributed by atoms with Crippen molar-refractivity contribution in [2.24, 2.45) is 5.73 Å². The van der Waals surface area contributed by atoms with E-state index in [1.54, 1.807) is 19.2 Å². The van der Waals surface area contributed by atoms with E-state index in [9.17, 15) is 4.79 Å². The summed E-state index contributed by atoms with van der Waals surface area (Å²) >= 11 is 0. The van der Waals surface area contributed by atoms with E-state index < -0.39 is 6.04 Å². The van der Waals surface area contributed by atoms with Gasteiger partial charge in [-0.3, -0.25) is 9.89 Å². The number of carbonyl (C=O) groups is 1. The Kier molecular flexibility index (Phi) is 2.05. The minimum absolute atomic E-state index is 0.0696. The van der Waals surface area contributed by atoms with Crippen molar-refractivity contribution in [1.29, 1.82) is 0 Å². The number of aromatic nitrogens is 2. The second-order valence-electron chi connectivity index (χ2n) is 3.29. The molecule has 4 heteroatoms. The van der Waals surface area contributed by atoms with Crippen molar-refractivity contribution in [2.45, 2.75) is 13.0 Å². The summed E-state index contributed by atoms with van der Waals surface area (Å²) in [6.45, 7) is 1.68. The molecule has 0 bridgehead atoms. The van der Waals surface area contributed by atoms with Crippen LogP contribution in [0.5, 0.6) is 0 Å². The molecule has 2 aromatic rings. The van der Waals surface area contributed by atoms with Crippen molar-refractivity contribution in [3.05, 3.63) is 30.0 Å². The van der Waals surface area contributed by atoms with Gasteiger partial charge in [0.2, 0.25) is 0 Å². The Bertz CT molecular complexity index is 473. The van der Waals surface area contributed by atoms with Gasteiger partial charge in [0, 0.05) is 10.9 Å². The van der Waals surface area contributed by atoms with Crippen molar-refractivity contribution < 1.29 is 4.79 Å². The van der Waals surface area contributed by atoms with Crippen LogP contribution in [0.2, 0.25) is 0 Å². The zero-order valence-corrected chi connectivity index (χ0v) is 7.82. The molecule has 72 valence electrons. The van der Waals surface area contributed by atoms with Gasteiger partial charge in [0.15, 0.2) is 5.78 Å². The van der Waals surface area contributed by atoms with Gasteiger partial charge in [-0.1, -0.05) is 12.1 Å². The average molecular weight is 189 g/mol. The first kappa shape index (κ1) is 8.90. The van der Waals surface area contributed by atoms with Crippen LogP contribution in [-0.2, 0) is 0 Å². The predicted molar refractivity (Wildman–Crippen MR) is 54.1 cm³/mol. The van der Waals surface area contributed by atoms with Gasteiger partial charge in [-0.05, 0) is 13.0 Å². The monoisotopic (exact) mass is 189 g/mol. The number of nitrogens with two attached hydrogens (primary N) is 1. The molecule has 0 spiro atoms. The van der Waals surface area contributed by atoms with Crippen LogP contribution in [0.25, 0.3) is 10.9 Å². The van der Waals surface area contributed by atoms with E-state index in [0.29, 0.717) is 5.56 Å². The number of nitrogens with one attached hydrogen (secondary N) is 1. The van der Waals surface area contributed by atoms with E-state index >= 15 is 0 Å². The molecule has 14 heavy (non-hydrogen) atoms. The Morgan fingerprint density at radius 1 is 1.57 bits per heavy atom. The summed E-state index contributed by atoms with van der Waals surface area (Å²) in [5, 5.41) is 7.61. The van der Waals surface area contributed by atoms with Gasteiger partial charge in [0.05, 0.1) is 17.8 Å². The minimum atomic E-state index is -0.483. The van der Waals surface area contributed by atoms with E-state index in [4.69, 9.17) is 5.73 Å². The highest BCUT2D eigenvalue weighted by Crippen LogP contribution is 2.16. The largest absolute Gasteiger partial charge is 0.321 e. The number of nitrogens with zero attached hydrogens (tertiary/aromatic N) is 1. The van der Waals surface area contributed by atoms with E-state index in [1.807, 2.05) is 12.1 Å². The number of hydrogen-bond acceptors (Lipinski definition) is 3. The predicted octanol–water partition coefficient (Wildman–Crippen LogP) is 1.09. The topological polar surface area (TPSA) is 71.8 Å². The molecule has 1 aromatic heterocycles. The summed E-state index contributed by atoms with van der Waals surface area (Å²) in [5.41, 5.74) is 6.91. The normalized spacial score (nSPS) is 13.0. The first-order chi connectivity index (χ1) is 6.70. The fraction of sp³-hybridized carbons (Fsp3) is 0.200. The van der Waals surface area contributed by atoms with Crippen LogP contribution in [-0.4, -0.2) is 22.0 Å². The number of aromatic amines is 1. The van der Waals surface area contributed by atoms with Crippen molar-refractivity contribution in [3.63, 3.8) is 0 Å². The number of Topliss-reactive ketones (excluding diaryl/α,β-unsaturated/α-hetero) is 1. The van der Waals surface area contributed by atoms with Crippen molar-refractivity contribution >= 4 is 16.7 Å². The molecule has 0 fully saturated rings. The summed E-state index contributed by atoms with van der Waals surface area (Å²) in [6.07, 6.45) is 1.69. The van der Waals surface area contributed by atoms with Crippen molar-refractivity contribution in [2.75, 3.05) is 0 Å². The molecule has 4 nitrogen and oxygen atoms in total. The standard InChI is InChI=1S/C10H11N3O/c1-6(11)10(14)8-4-2-3-7-5-12-13-9(7)8/h2-6H,11H2,1H3,(H,12,13). The van der Waals surface area contributed by atoms with Gasteiger partial charge in [-0.25, -0.2) is 0 Å². The fourth-order valence-electron chi connectivity index (χ4n) is 1.42. The maximum absolute atomic E-state index is 11.7. The van der Waals surface area contributed by atoms with Crippen LogP contribution in [0.3, 0.4) is 0 Å². The summed E-state index contributed by atoms with van der Waals surface area (Å²) in [4.78, 5) is 11.7. The SMILES string of the molecule is CC(N)C(=O)c1cccc2cn[nH]c12. The smallest absolute Gasteiger partial charge is 0.181 e. The number of ketones is 1. The zero-order valence-electron chi connectivity index (χ0n) is 7.82. The molecular formula is C10H11N3O. The number of hydrogen-bond donors (Lipinski definition) is 2. The molecule has 0 radical (unpaired) electrons. The second kappa shape index (κ2) is 3.23. The first-order valence-corrected chi connectivity index (χ1v) is 4.42. The molecule has 1 aromatic carbocycles. The maximum Gasteiger partial charge on any atom is 0.181 e. The highest BCUT2D eigenvalue weighted by atomic mass is 16.1. The van der Waals surface area contributed by atoms with Gasteiger partial charge in [0.25, 0.3) is 0 Å². The molecular weight excluding hydrogens is 178 g/mol. The van der Waals surface area contributed by atoms with E-state index in [1.165, 1.54) is 0 Å². The highest BCUT2D eigenvalue weighted by molar-refractivity contribution is 6.08. The third-order valence-electron chi connectivity index (χ3n) is 2.16. The number of H-pyrrole nitrogens is 1. The molecule has 0 aliphatic heterocycles. The third-order valence-corrected chi connectivity index (χ3v) is 2.16. The molecule has 0 aliphatic rings. The van der Waals surface area contributed by atoms with Gasteiger partial charge in [0.1, 0.15) is 0 Å². The molecule has 0 saturated carbocycles. The number of para-hydroxylation sites is 1. The quantitative estimate of drug-likeness (QED) is 0.695. The van der Waals surface area contributed by atoms with E-state index in [-0.39, 0.29) is 5.78 Å². The van der Waals surface area contributed by atoms with E-state index in [2.05, 4.69) is 10.2 Å². The summed E-state index contributed by atoms with van der Waals surface area (Å²) in [5.74, 6) is -0.0696. The lowest BCUT2D eigenvalue weighted by molar-refractivity contribution is 0.0969. The van der Waals surface area contributed by atoms with Gasteiger partial charge >= 0.3 is 0 Å². The second-order valence-corrected chi connectivity index (χ2v) is 3.29. The summed E-state index contributed by atoms with van der Waals surface area (Å²) < 4.78 is 0. The highest BCUT2D eigenvalue weighted by Gasteiger charge is 2.14. The van der Waals surface area contributed by atoms with E-state index in [0.717, 1.165) is 10.9 Å². The van der Waals surface area contributed by atoms with Gasteiger partial charge < -0.3 is 5.73 Å². The minimum Gasteiger partial charge on any atom is -0.321 e. The van der Waals surface area contributed by atoms with Crippen molar-refractivity contribution in [3.8, 4) is 0 Å². The zero-order chi connectivity index (χ0) is 10.1. The average Bonchev–Trinajstić information content (AvgIpc) is 2.63. The maximum atomic E-state index is 11.7. The number of fused-ring (bicyclic) bond motifs is 1. The first-order valence-electron chi connectivity index (χ1n) is 4.42. The Morgan fingerprint density at radius 3 is 3.07 bits per heavy atom. The number of benzene rings is 1. The van der Waals surface area contributed by atoms with Crippen LogP contribution >= 0.6 is 0 Å². The number of rotatable bonds is 2. The molecule has 1 heterocycles. The van der Waals surface area contributed by atoms with Crippen molar-refractivity contribution in [1.82, 2.24) is 10.2 Å². The van der Waals surface area contributed by atoms with Crippen LogP contribution in [0.1, 0.15) is 17.3 Å². The van der Waals surface area contributed by atoms with Crippen LogP contribution in [0, 0.1) is 0 Å². The lowest BCUT2D eigenvalue weighted by Crippen LogP contribution is -2.26. The fourth-order valence-corrected chi connectivity index (χ4v) is 1.42. The van der Waals surface area contributed by atoms with Crippen LogP contribution in [0.15, 0.2) is 24.4 Å². The summed E-state index contributed by atoms with van der Waals surface area (Å²) in [7, 11) is 0. The Hall–Kier alpha value is -1.68. The van der Waals surface area contributed by atoms with Gasteiger partial charge in [-0.15, -0.1) is 0 Å². The lowest BCUT2D eigenvalue weighted by atomic mass is 10.0. The molecule has 2 rings (SSSR count). The molecule has 0 amide bonds. The van der Waals surface area contributed by atoms with Gasteiger partial charge in [-0.2, -0.15) is 5.10 Å². The molecule has 1 atom stereocenters.